The molecule has 3 aliphatic rings. The van der Waals surface area contributed by atoms with Gasteiger partial charge < -0.3 is 10.2 Å². The number of nitrogens with zero attached hydrogens (tertiary/aromatic N) is 1. The van der Waals surface area contributed by atoms with Gasteiger partial charge in [-0.25, -0.2) is 4.79 Å². The maximum absolute atomic E-state index is 12.0. The number of urea groups is 1. The second-order valence-corrected chi connectivity index (χ2v) is 5.59. The molecule has 0 aromatic rings. The predicted molar refractivity (Wildman–Crippen MR) is 67.1 cm³/mol. The lowest BCUT2D eigenvalue weighted by Crippen LogP contribution is -2.64. The van der Waals surface area contributed by atoms with Crippen LogP contribution in [0.15, 0.2) is 12.7 Å². The second kappa shape index (κ2) is 4.08. The molecule has 0 radical (unpaired) electrons. The first-order valence-electron chi connectivity index (χ1n) is 6.64. The highest BCUT2D eigenvalue weighted by Gasteiger charge is 2.55. The van der Waals surface area contributed by atoms with Gasteiger partial charge in [0.25, 0.3) is 5.91 Å². The van der Waals surface area contributed by atoms with Gasteiger partial charge >= 0.3 is 6.03 Å². The second-order valence-electron chi connectivity index (χ2n) is 5.59. The van der Waals surface area contributed by atoms with E-state index < -0.39 is 11.6 Å². The molecule has 102 valence electrons. The quantitative estimate of drug-likeness (QED) is 0.527. The van der Waals surface area contributed by atoms with Crippen molar-refractivity contribution in [1.29, 1.82) is 0 Å². The third-order valence-electron chi connectivity index (χ3n) is 4.47. The van der Waals surface area contributed by atoms with Crippen molar-refractivity contribution in [1.82, 2.24) is 15.5 Å². The number of fused-ring (bicyclic) bond motifs is 2. The average Bonchev–Trinajstić information content (AvgIpc) is 2.62. The van der Waals surface area contributed by atoms with E-state index in [-0.39, 0.29) is 23.9 Å². The van der Waals surface area contributed by atoms with Crippen molar-refractivity contribution in [3.05, 3.63) is 12.7 Å². The summed E-state index contributed by atoms with van der Waals surface area (Å²) in [7, 11) is 0. The number of carbonyl (C=O) groups excluding carboxylic acids is 3. The Labute approximate surface area is 111 Å². The number of amides is 4. The van der Waals surface area contributed by atoms with Gasteiger partial charge in [0.1, 0.15) is 5.54 Å². The highest BCUT2D eigenvalue weighted by Crippen LogP contribution is 2.40. The third kappa shape index (κ3) is 1.74. The number of hydrogen-bond donors (Lipinski definition) is 2. The van der Waals surface area contributed by atoms with Gasteiger partial charge in [-0.05, 0) is 25.3 Å². The lowest BCUT2D eigenvalue weighted by molar-refractivity contribution is -0.142. The van der Waals surface area contributed by atoms with Gasteiger partial charge in [-0.15, -0.1) is 0 Å². The molecule has 19 heavy (non-hydrogen) atoms. The first-order chi connectivity index (χ1) is 9.05. The van der Waals surface area contributed by atoms with E-state index in [1.165, 1.54) is 6.08 Å². The summed E-state index contributed by atoms with van der Waals surface area (Å²) in [5, 5.41) is 5.07. The standard InChI is InChI=1S/C13H17N3O3/c1-2-10(17)16-8-4-3-5-9(16)7-13(6-8)11(18)14-12(19)15-13/h2,8-9H,1,3-7H2,(H2,14,15,18,19). The Balaban J connectivity index is 1.90. The van der Waals surface area contributed by atoms with Crippen LogP contribution in [0.1, 0.15) is 32.1 Å². The molecule has 2 bridgehead atoms. The van der Waals surface area contributed by atoms with Crippen molar-refractivity contribution in [2.24, 2.45) is 0 Å². The van der Waals surface area contributed by atoms with E-state index in [0.29, 0.717) is 12.8 Å². The van der Waals surface area contributed by atoms with Crippen molar-refractivity contribution in [2.45, 2.75) is 49.7 Å². The first kappa shape index (κ1) is 12.2. The molecule has 3 saturated heterocycles. The van der Waals surface area contributed by atoms with Crippen LogP contribution in [0.5, 0.6) is 0 Å². The van der Waals surface area contributed by atoms with Crippen LogP contribution in [-0.2, 0) is 9.59 Å². The highest BCUT2D eigenvalue weighted by molar-refractivity contribution is 6.07. The number of piperidine rings is 2. The van der Waals surface area contributed by atoms with E-state index in [1.807, 2.05) is 4.90 Å². The SMILES string of the molecule is C=CC(=O)N1C2CCCC1CC1(C2)NC(=O)NC1=O. The molecule has 0 saturated carbocycles. The molecule has 2 N–H and O–H groups in total. The van der Waals surface area contributed by atoms with Crippen LogP contribution in [0.4, 0.5) is 4.79 Å². The molecule has 6 heteroatoms. The molecule has 1 spiro atoms. The zero-order chi connectivity index (χ0) is 13.6. The monoisotopic (exact) mass is 263 g/mol. The Kier molecular flexibility index (Phi) is 2.62. The fraction of sp³-hybridized carbons (Fsp3) is 0.615. The maximum Gasteiger partial charge on any atom is 0.322 e. The molecule has 2 atom stereocenters. The summed E-state index contributed by atoms with van der Waals surface area (Å²) in [5.74, 6) is -0.325. The average molecular weight is 263 g/mol. The van der Waals surface area contributed by atoms with E-state index in [1.54, 1.807) is 0 Å². The molecule has 2 unspecified atom stereocenters. The molecular weight excluding hydrogens is 246 g/mol. The summed E-state index contributed by atoms with van der Waals surface area (Å²) >= 11 is 0. The normalized spacial score (nSPS) is 36.9. The van der Waals surface area contributed by atoms with Crippen molar-refractivity contribution < 1.29 is 14.4 Å². The van der Waals surface area contributed by atoms with E-state index in [9.17, 15) is 14.4 Å². The van der Waals surface area contributed by atoms with E-state index in [4.69, 9.17) is 0 Å². The number of carbonyl (C=O) groups is 3. The van der Waals surface area contributed by atoms with Gasteiger partial charge in [0.2, 0.25) is 5.91 Å². The lowest BCUT2D eigenvalue weighted by atomic mass is 9.73. The van der Waals surface area contributed by atoms with Crippen molar-refractivity contribution in [3.8, 4) is 0 Å². The van der Waals surface area contributed by atoms with Crippen molar-refractivity contribution in [3.63, 3.8) is 0 Å². The van der Waals surface area contributed by atoms with Gasteiger partial charge in [-0.1, -0.05) is 6.58 Å². The Morgan fingerprint density at radius 1 is 1.32 bits per heavy atom. The van der Waals surface area contributed by atoms with Gasteiger partial charge in [0.05, 0.1) is 0 Å². The smallest absolute Gasteiger partial charge is 0.322 e. The molecule has 3 heterocycles. The van der Waals surface area contributed by atoms with Crippen LogP contribution in [0.2, 0.25) is 0 Å². The molecule has 0 aromatic heterocycles. The predicted octanol–water partition coefficient (Wildman–Crippen LogP) is 0.294. The number of nitrogens with one attached hydrogen (secondary N) is 2. The maximum atomic E-state index is 12.0. The van der Waals surface area contributed by atoms with E-state index in [0.717, 1.165) is 19.3 Å². The molecule has 6 nitrogen and oxygen atoms in total. The fourth-order valence-corrected chi connectivity index (χ4v) is 3.73. The summed E-state index contributed by atoms with van der Waals surface area (Å²) in [6.07, 6.45) is 5.14. The van der Waals surface area contributed by atoms with Gasteiger partial charge in [0.15, 0.2) is 0 Å². The Hall–Kier alpha value is -1.85. The van der Waals surface area contributed by atoms with E-state index in [2.05, 4.69) is 17.2 Å². The molecule has 0 aromatic carbocycles. The van der Waals surface area contributed by atoms with Crippen molar-refractivity contribution >= 4 is 17.8 Å². The topological polar surface area (TPSA) is 78.5 Å². The molecule has 4 amide bonds. The summed E-state index contributed by atoms with van der Waals surface area (Å²) < 4.78 is 0. The summed E-state index contributed by atoms with van der Waals surface area (Å²) in [6, 6.07) is -0.393. The molecule has 0 aliphatic carbocycles. The van der Waals surface area contributed by atoms with Gasteiger partial charge in [0, 0.05) is 24.9 Å². The van der Waals surface area contributed by atoms with Crippen LogP contribution in [0.3, 0.4) is 0 Å². The van der Waals surface area contributed by atoms with E-state index >= 15 is 0 Å². The van der Waals surface area contributed by atoms with Crippen LogP contribution < -0.4 is 10.6 Å². The Morgan fingerprint density at radius 2 is 1.95 bits per heavy atom. The summed E-state index contributed by atoms with van der Waals surface area (Å²) in [6.45, 7) is 3.54. The molecule has 3 rings (SSSR count). The van der Waals surface area contributed by atoms with Crippen LogP contribution in [0, 0.1) is 0 Å². The Bertz CT molecular complexity index is 460. The minimum atomic E-state index is -0.815. The first-order valence-corrected chi connectivity index (χ1v) is 6.64. The zero-order valence-electron chi connectivity index (χ0n) is 10.6. The molecule has 3 aliphatic heterocycles. The van der Waals surface area contributed by atoms with Gasteiger partial charge in [-0.3, -0.25) is 14.9 Å². The molecule has 3 fully saturated rings. The fourth-order valence-electron chi connectivity index (χ4n) is 3.73. The van der Waals surface area contributed by atoms with Crippen molar-refractivity contribution in [2.75, 3.05) is 0 Å². The van der Waals surface area contributed by atoms with Crippen LogP contribution in [-0.4, -0.2) is 40.4 Å². The molecular formula is C13H17N3O3. The minimum Gasteiger partial charge on any atom is -0.333 e. The third-order valence-corrected chi connectivity index (χ3v) is 4.47. The largest absolute Gasteiger partial charge is 0.333 e. The highest BCUT2D eigenvalue weighted by atomic mass is 16.2. The number of rotatable bonds is 1. The minimum absolute atomic E-state index is 0.0159. The van der Waals surface area contributed by atoms with Crippen LogP contribution >= 0.6 is 0 Å². The Morgan fingerprint density at radius 3 is 2.42 bits per heavy atom. The number of hydrogen-bond acceptors (Lipinski definition) is 3. The number of imide groups is 1. The zero-order valence-corrected chi connectivity index (χ0v) is 10.6. The summed E-state index contributed by atoms with van der Waals surface area (Å²) in [4.78, 5) is 37.2. The van der Waals surface area contributed by atoms with Crippen LogP contribution in [0.25, 0.3) is 0 Å². The lowest BCUT2D eigenvalue weighted by Gasteiger charge is -2.51. The summed E-state index contributed by atoms with van der Waals surface area (Å²) in [5.41, 5.74) is -0.815. The van der Waals surface area contributed by atoms with Gasteiger partial charge in [-0.2, -0.15) is 0 Å².